The van der Waals surface area contributed by atoms with Crippen LogP contribution in [0.3, 0.4) is 0 Å². The summed E-state index contributed by atoms with van der Waals surface area (Å²) < 4.78 is 19.7. The molecule has 2 amide bonds. The molecule has 0 spiro atoms. The Morgan fingerprint density at radius 1 is 1.17 bits per heavy atom. The van der Waals surface area contributed by atoms with Gasteiger partial charge in [0.25, 0.3) is 5.91 Å². The number of halogens is 1. The van der Waals surface area contributed by atoms with Gasteiger partial charge in [0.05, 0.1) is 36.3 Å². The van der Waals surface area contributed by atoms with Gasteiger partial charge in [0.15, 0.2) is 0 Å². The van der Waals surface area contributed by atoms with Crippen LogP contribution < -0.4 is 5.32 Å². The molecule has 1 aromatic carbocycles. The third-order valence-corrected chi connectivity index (χ3v) is 4.97. The molecule has 1 aliphatic rings. The summed E-state index contributed by atoms with van der Waals surface area (Å²) in [5, 5.41) is 7.09. The number of ether oxygens (including phenoxy) is 1. The van der Waals surface area contributed by atoms with E-state index in [1.54, 1.807) is 35.0 Å². The van der Waals surface area contributed by atoms with E-state index < -0.39 is 0 Å². The first kappa shape index (κ1) is 20.9. The maximum atomic E-state index is 13.1. The Kier molecular flexibility index (Phi) is 6.95. The average Bonchev–Trinajstić information content (AvgIpc) is 3.10. The third-order valence-electron chi connectivity index (χ3n) is 4.97. The second-order valence-corrected chi connectivity index (χ2v) is 6.94. The van der Waals surface area contributed by atoms with E-state index in [1.807, 2.05) is 11.8 Å². The summed E-state index contributed by atoms with van der Waals surface area (Å²) in [5.41, 5.74) is 1.94. The molecule has 0 saturated carbocycles. The van der Waals surface area contributed by atoms with E-state index in [-0.39, 0.29) is 17.6 Å². The topological polar surface area (TPSA) is 79.7 Å². The van der Waals surface area contributed by atoms with Crippen molar-refractivity contribution in [1.82, 2.24) is 24.9 Å². The number of methoxy groups -OCH3 is 1. The van der Waals surface area contributed by atoms with Gasteiger partial charge in [0.1, 0.15) is 5.82 Å². The van der Waals surface area contributed by atoms with Gasteiger partial charge in [-0.3, -0.25) is 14.5 Å². The van der Waals surface area contributed by atoms with Gasteiger partial charge >= 0.3 is 0 Å². The van der Waals surface area contributed by atoms with Crippen LogP contribution in [0.15, 0.2) is 30.5 Å². The molecule has 1 N–H and O–H groups in total. The van der Waals surface area contributed by atoms with E-state index >= 15 is 0 Å². The van der Waals surface area contributed by atoms with Crippen molar-refractivity contribution >= 4 is 11.8 Å². The second-order valence-electron chi connectivity index (χ2n) is 6.94. The lowest BCUT2D eigenvalue weighted by Crippen LogP contribution is -2.51. The smallest absolute Gasteiger partial charge is 0.257 e. The van der Waals surface area contributed by atoms with Crippen molar-refractivity contribution in [3.05, 3.63) is 47.5 Å². The molecule has 2 heterocycles. The number of benzene rings is 1. The van der Waals surface area contributed by atoms with Crippen molar-refractivity contribution in [1.29, 1.82) is 0 Å². The molecule has 2 aromatic rings. The Hall–Kier alpha value is -2.78. The third kappa shape index (κ3) is 5.18. The largest absolute Gasteiger partial charge is 0.383 e. The maximum absolute atomic E-state index is 13.1. The highest BCUT2D eigenvalue weighted by Gasteiger charge is 2.25. The molecule has 0 aliphatic carbocycles. The summed E-state index contributed by atoms with van der Waals surface area (Å²) in [4.78, 5) is 28.6. The van der Waals surface area contributed by atoms with Crippen LogP contribution in [-0.4, -0.2) is 84.4 Å². The van der Waals surface area contributed by atoms with Crippen molar-refractivity contribution in [3.8, 4) is 5.69 Å². The first-order chi connectivity index (χ1) is 14.0. The van der Waals surface area contributed by atoms with Crippen LogP contribution in [-0.2, 0) is 9.53 Å². The molecule has 0 atom stereocenters. The number of nitrogens with one attached hydrogen (secondary N) is 1. The van der Waals surface area contributed by atoms with Crippen molar-refractivity contribution in [2.75, 3.05) is 53.0 Å². The molecule has 1 fully saturated rings. The quantitative estimate of drug-likeness (QED) is 0.693. The van der Waals surface area contributed by atoms with E-state index in [0.717, 1.165) is 0 Å². The Morgan fingerprint density at radius 2 is 1.86 bits per heavy atom. The lowest BCUT2D eigenvalue weighted by molar-refractivity contribution is -0.122. The standard InChI is InChI=1S/C20H26FN5O3/c1-15-18(13-23-26(15)17-5-3-16(21)4-6-17)20(28)25-10-8-24(9-11-25)14-19(27)22-7-12-29-2/h3-6,13H,7-12,14H2,1-2H3,(H,22,27). The molecule has 1 saturated heterocycles. The Morgan fingerprint density at radius 3 is 2.52 bits per heavy atom. The van der Waals surface area contributed by atoms with Gasteiger partial charge in [-0.05, 0) is 31.2 Å². The van der Waals surface area contributed by atoms with E-state index in [9.17, 15) is 14.0 Å². The Bertz CT molecular complexity index is 844. The second kappa shape index (κ2) is 9.62. The monoisotopic (exact) mass is 403 g/mol. The lowest BCUT2D eigenvalue weighted by Gasteiger charge is -2.34. The van der Waals surface area contributed by atoms with Crippen LogP contribution in [0.4, 0.5) is 4.39 Å². The van der Waals surface area contributed by atoms with Crippen molar-refractivity contribution < 1.29 is 18.7 Å². The molecule has 0 bridgehead atoms. The molecule has 1 aliphatic heterocycles. The summed E-state index contributed by atoms with van der Waals surface area (Å²) >= 11 is 0. The fraction of sp³-hybridized carbons (Fsp3) is 0.450. The molecule has 3 rings (SSSR count). The fourth-order valence-electron chi connectivity index (χ4n) is 3.29. The zero-order valence-corrected chi connectivity index (χ0v) is 16.7. The van der Waals surface area contributed by atoms with Crippen molar-refractivity contribution in [2.24, 2.45) is 0 Å². The molecule has 9 heteroatoms. The van der Waals surface area contributed by atoms with Gasteiger partial charge in [-0.1, -0.05) is 0 Å². The highest BCUT2D eigenvalue weighted by molar-refractivity contribution is 5.95. The number of carbonyl (C=O) groups excluding carboxylic acids is 2. The molecular formula is C20H26FN5O3. The molecule has 8 nitrogen and oxygen atoms in total. The van der Waals surface area contributed by atoms with Gasteiger partial charge < -0.3 is 15.0 Å². The minimum absolute atomic E-state index is 0.0433. The number of aromatic nitrogens is 2. The fourth-order valence-corrected chi connectivity index (χ4v) is 3.29. The van der Waals surface area contributed by atoms with Crippen molar-refractivity contribution in [2.45, 2.75) is 6.92 Å². The lowest BCUT2D eigenvalue weighted by atomic mass is 10.2. The van der Waals surface area contributed by atoms with Crippen LogP contribution >= 0.6 is 0 Å². The number of piperazine rings is 1. The summed E-state index contributed by atoms with van der Waals surface area (Å²) in [7, 11) is 1.59. The van der Waals surface area contributed by atoms with Gasteiger partial charge in [-0.15, -0.1) is 0 Å². The SMILES string of the molecule is COCCNC(=O)CN1CCN(C(=O)c2cnn(-c3ccc(F)cc3)c2C)CC1. The summed E-state index contributed by atoms with van der Waals surface area (Å²) in [5.74, 6) is -0.446. The van der Waals surface area contributed by atoms with Gasteiger partial charge in [0, 0.05) is 39.8 Å². The number of rotatable bonds is 7. The number of hydrogen-bond acceptors (Lipinski definition) is 5. The summed E-state index contributed by atoms with van der Waals surface area (Å²) in [6.45, 7) is 5.47. The van der Waals surface area contributed by atoms with Crippen LogP contribution in [0.25, 0.3) is 5.69 Å². The summed E-state index contributed by atoms with van der Waals surface area (Å²) in [6, 6.07) is 5.98. The van der Waals surface area contributed by atoms with E-state index in [4.69, 9.17) is 4.74 Å². The molecule has 0 radical (unpaired) electrons. The predicted octanol–water partition coefficient (Wildman–Crippen LogP) is 0.840. The van der Waals surface area contributed by atoms with Crippen LogP contribution in [0.1, 0.15) is 16.1 Å². The minimum Gasteiger partial charge on any atom is -0.383 e. The van der Waals surface area contributed by atoms with E-state index in [0.29, 0.717) is 62.8 Å². The molecule has 0 unspecified atom stereocenters. The molecule has 1 aromatic heterocycles. The number of hydrogen-bond donors (Lipinski definition) is 1. The van der Waals surface area contributed by atoms with E-state index in [2.05, 4.69) is 10.4 Å². The first-order valence-electron chi connectivity index (χ1n) is 9.57. The maximum Gasteiger partial charge on any atom is 0.257 e. The highest BCUT2D eigenvalue weighted by atomic mass is 19.1. The average molecular weight is 403 g/mol. The van der Waals surface area contributed by atoms with Crippen LogP contribution in [0.2, 0.25) is 0 Å². The highest BCUT2D eigenvalue weighted by Crippen LogP contribution is 2.17. The molecule has 156 valence electrons. The predicted molar refractivity (Wildman–Crippen MR) is 105 cm³/mol. The Labute approximate surface area is 169 Å². The van der Waals surface area contributed by atoms with E-state index in [1.165, 1.54) is 12.1 Å². The van der Waals surface area contributed by atoms with Crippen LogP contribution in [0, 0.1) is 12.7 Å². The van der Waals surface area contributed by atoms with Gasteiger partial charge in [0.2, 0.25) is 5.91 Å². The summed E-state index contributed by atoms with van der Waals surface area (Å²) in [6.07, 6.45) is 1.55. The van der Waals surface area contributed by atoms with Crippen molar-refractivity contribution in [3.63, 3.8) is 0 Å². The number of carbonyl (C=O) groups is 2. The number of nitrogens with zero attached hydrogens (tertiary/aromatic N) is 4. The minimum atomic E-state index is -0.319. The molecule has 29 heavy (non-hydrogen) atoms. The first-order valence-corrected chi connectivity index (χ1v) is 9.57. The number of amides is 2. The zero-order chi connectivity index (χ0) is 20.8. The normalized spacial score (nSPS) is 14.8. The van der Waals surface area contributed by atoms with Gasteiger partial charge in [-0.2, -0.15) is 5.10 Å². The van der Waals surface area contributed by atoms with Gasteiger partial charge in [-0.25, -0.2) is 9.07 Å². The zero-order valence-electron chi connectivity index (χ0n) is 16.7. The van der Waals surface area contributed by atoms with Crippen LogP contribution in [0.5, 0.6) is 0 Å². The molecular weight excluding hydrogens is 377 g/mol. The Balaban J connectivity index is 1.56.